The fourth-order valence-electron chi connectivity index (χ4n) is 3.30. The summed E-state index contributed by atoms with van der Waals surface area (Å²) in [6.45, 7) is 2.16. The lowest BCUT2D eigenvalue weighted by molar-refractivity contribution is 0.102. The van der Waals surface area contributed by atoms with Gasteiger partial charge in [-0.2, -0.15) is 0 Å². The van der Waals surface area contributed by atoms with Crippen LogP contribution in [0, 0.1) is 6.92 Å². The van der Waals surface area contributed by atoms with E-state index >= 15 is 0 Å². The lowest BCUT2D eigenvalue weighted by Crippen LogP contribution is -2.25. The standard InChI is InChI=1S/C22H25ClN2O3S/c1-16-15-20(29(27,28)24-14-13-17-5-3-2-4-6-17)11-12-21(16)25-22(26)18-7-9-19(23)10-8-18/h5,7-12,15,24H,2-4,6,13-14H2,1H3,(H,25,26). The van der Waals surface area contributed by atoms with Crippen molar-refractivity contribution in [1.82, 2.24) is 4.72 Å². The third-order valence-electron chi connectivity index (χ3n) is 4.99. The van der Waals surface area contributed by atoms with E-state index in [1.807, 2.05) is 0 Å². The molecule has 2 aromatic rings. The van der Waals surface area contributed by atoms with E-state index in [2.05, 4.69) is 16.1 Å². The molecule has 0 radical (unpaired) electrons. The number of carbonyl (C=O) groups excluding carboxylic acids is 1. The molecule has 0 aliphatic heterocycles. The molecule has 29 heavy (non-hydrogen) atoms. The molecule has 0 unspecified atom stereocenters. The van der Waals surface area contributed by atoms with Gasteiger partial charge in [0.15, 0.2) is 0 Å². The second-order valence-electron chi connectivity index (χ2n) is 7.19. The average Bonchev–Trinajstić information content (AvgIpc) is 2.70. The molecular weight excluding hydrogens is 408 g/mol. The van der Waals surface area contributed by atoms with Gasteiger partial charge in [-0.1, -0.05) is 23.3 Å². The van der Waals surface area contributed by atoms with Crippen molar-refractivity contribution in [1.29, 1.82) is 0 Å². The molecule has 7 heteroatoms. The monoisotopic (exact) mass is 432 g/mol. The Morgan fingerprint density at radius 2 is 1.86 bits per heavy atom. The first-order valence-electron chi connectivity index (χ1n) is 9.70. The summed E-state index contributed by atoms with van der Waals surface area (Å²) in [6.07, 6.45) is 7.51. The van der Waals surface area contributed by atoms with Crippen LogP contribution in [0.2, 0.25) is 5.02 Å². The number of anilines is 1. The Bertz CT molecular complexity index is 1010. The van der Waals surface area contributed by atoms with E-state index in [0.717, 1.165) is 19.3 Å². The predicted molar refractivity (Wildman–Crippen MR) is 117 cm³/mol. The van der Waals surface area contributed by atoms with Gasteiger partial charge in [0.05, 0.1) is 4.90 Å². The van der Waals surface area contributed by atoms with Crippen molar-refractivity contribution in [2.24, 2.45) is 0 Å². The van der Waals surface area contributed by atoms with E-state index in [1.54, 1.807) is 43.3 Å². The van der Waals surface area contributed by atoms with Crippen LogP contribution in [-0.4, -0.2) is 20.9 Å². The molecule has 1 aliphatic rings. The summed E-state index contributed by atoms with van der Waals surface area (Å²) >= 11 is 5.84. The molecule has 0 saturated carbocycles. The second kappa shape index (κ2) is 9.57. The van der Waals surface area contributed by atoms with E-state index in [4.69, 9.17) is 11.6 Å². The number of aryl methyl sites for hydroxylation is 1. The summed E-state index contributed by atoms with van der Waals surface area (Å²) in [5.41, 5.74) is 3.04. The summed E-state index contributed by atoms with van der Waals surface area (Å²) in [7, 11) is -3.59. The van der Waals surface area contributed by atoms with Crippen LogP contribution in [0.15, 0.2) is 59.0 Å². The van der Waals surface area contributed by atoms with Gasteiger partial charge in [-0.05, 0) is 87.1 Å². The van der Waals surface area contributed by atoms with Crippen LogP contribution in [-0.2, 0) is 10.0 Å². The number of halogens is 1. The van der Waals surface area contributed by atoms with Crippen molar-refractivity contribution in [2.75, 3.05) is 11.9 Å². The summed E-state index contributed by atoms with van der Waals surface area (Å²) < 4.78 is 27.8. The summed E-state index contributed by atoms with van der Waals surface area (Å²) in [6, 6.07) is 11.3. The Labute approximate surface area is 177 Å². The number of benzene rings is 2. The highest BCUT2D eigenvalue weighted by molar-refractivity contribution is 7.89. The average molecular weight is 433 g/mol. The van der Waals surface area contributed by atoms with Crippen LogP contribution in [0.1, 0.15) is 48.0 Å². The smallest absolute Gasteiger partial charge is 0.255 e. The molecule has 1 aliphatic carbocycles. The zero-order valence-corrected chi connectivity index (χ0v) is 17.9. The van der Waals surface area contributed by atoms with Crippen molar-refractivity contribution >= 4 is 33.2 Å². The lowest BCUT2D eigenvalue weighted by Gasteiger charge is -2.14. The Hall–Kier alpha value is -2.15. The largest absolute Gasteiger partial charge is 0.322 e. The summed E-state index contributed by atoms with van der Waals surface area (Å²) in [5.74, 6) is -0.278. The molecule has 0 saturated heterocycles. The van der Waals surface area contributed by atoms with Crippen molar-refractivity contribution < 1.29 is 13.2 Å². The molecular formula is C22H25ClN2O3S. The highest BCUT2D eigenvalue weighted by Crippen LogP contribution is 2.22. The van der Waals surface area contributed by atoms with E-state index in [-0.39, 0.29) is 10.8 Å². The summed E-state index contributed by atoms with van der Waals surface area (Å²) in [5, 5.41) is 3.36. The van der Waals surface area contributed by atoms with E-state index in [1.165, 1.54) is 24.5 Å². The zero-order valence-electron chi connectivity index (χ0n) is 16.4. The van der Waals surface area contributed by atoms with Crippen LogP contribution < -0.4 is 10.0 Å². The van der Waals surface area contributed by atoms with Crippen LogP contribution in [0.5, 0.6) is 0 Å². The van der Waals surface area contributed by atoms with Crippen molar-refractivity contribution in [3.63, 3.8) is 0 Å². The number of amides is 1. The number of rotatable bonds is 7. The van der Waals surface area contributed by atoms with Gasteiger partial charge in [0, 0.05) is 22.8 Å². The molecule has 0 atom stereocenters. The Kier molecular flexibility index (Phi) is 7.11. The molecule has 0 fully saturated rings. The van der Waals surface area contributed by atoms with Crippen molar-refractivity contribution in [3.8, 4) is 0 Å². The molecule has 0 aromatic heterocycles. The van der Waals surface area contributed by atoms with Crippen LogP contribution >= 0.6 is 11.6 Å². The highest BCUT2D eigenvalue weighted by Gasteiger charge is 2.16. The van der Waals surface area contributed by atoms with E-state index in [9.17, 15) is 13.2 Å². The van der Waals surface area contributed by atoms with Crippen molar-refractivity contribution in [3.05, 3.63) is 70.3 Å². The van der Waals surface area contributed by atoms with Crippen LogP contribution in [0.4, 0.5) is 5.69 Å². The molecule has 5 nitrogen and oxygen atoms in total. The van der Waals surface area contributed by atoms with Crippen molar-refractivity contribution in [2.45, 2.75) is 43.9 Å². The first-order chi connectivity index (χ1) is 13.8. The minimum Gasteiger partial charge on any atom is -0.322 e. The molecule has 0 heterocycles. The Morgan fingerprint density at radius 3 is 2.52 bits per heavy atom. The maximum atomic E-state index is 12.6. The fraction of sp³-hybridized carbons (Fsp3) is 0.318. The van der Waals surface area contributed by atoms with Gasteiger partial charge < -0.3 is 5.32 Å². The van der Waals surface area contributed by atoms with Crippen LogP contribution in [0.3, 0.4) is 0 Å². The zero-order chi connectivity index (χ0) is 20.9. The SMILES string of the molecule is Cc1cc(S(=O)(=O)NCCC2=CCCCC2)ccc1NC(=O)c1ccc(Cl)cc1. The van der Waals surface area contributed by atoms with Gasteiger partial charge in [-0.15, -0.1) is 0 Å². The molecule has 3 rings (SSSR count). The van der Waals surface area contributed by atoms with E-state index < -0.39 is 10.0 Å². The van der Waals surface area contributed by atoms with Gasteiger partial charge >= 0.3 is 0 Å². The molecule has 154 valence electrons. The van der Waals surface area contributed by atoms with Gasteiger partial charge in [-0.25, -0.2) is 13.1 Å². The highest BCUT2D eigenvalue weighted by atomic mass is 35.5. The topological polar surface area (TPSA) is 75.3 Å². The normalized spacial score (nSPS) is 14.3. The van der Waals surface area contributed by atoms with Gasteiger partial charge in [0.25, 0.3) is 5.91 Å². The maximum absolute atomic E-state index is 12.6. The Balaban J connectivity index is 1.63. The lowest BCUT2D eigenvalue weighted by atomic mass is 9.97. The van der Waals surface area contributed by atoms with Gasteiger partial charge in [-0.3, -0.25) is 4.79 Å². The third kappa shape index (κ3) is 5.92. The number of carbonyl (C=O) groups is 1. The van der Waals surface area contributed by atoms with Gasteiger partial charge in [0.1, 0.15) is 0 Å². The first-order valence-corrected chi connectivity index (χ1v) is 11.6. The summed E-state index contributed by atoms with van der Waals surface area (Å²) in [4.78, 5) is 12.6. The van der Waals surface area contributed by atoms with Crippen LogP contribution in [0.25, 0.3) is 0 Å². The quantitative estimate of drug-likeness (QED) is 0.600. The number of nitrogens with one attached hydrogen (secondary N) is 2. The molecule has 2 N–H and O–H groups in total. The first kappa shape index (κ1) is 21.6. The molecule has 1 amide bonds. The fourth-order valence-corrected chi connectivity index (χ4v) is 4.54. The third-order valence-corrected chi connectivity index (χ3v) is 6.70. The number of sulfonamides is 1. The predicted octanol–water partition coefficient (Wildman–Crippen LogP) is 5.07. The maximum Gasteiger partial charge on any atom is 0.255 e. The minimum atomic E-state index is -3.59. The van der Waals surface area contributed by atoms with E-state index in [0.29, 0.717) is 28.4 Å². The minimum absolute atomic E-state index is 0.192. The second-order valence-corrected chi connectivity index (χ2v) is 9.40. The van der Waals surface area contributed by atoms with Gasteiger partial charge in [0.2, 0.25) is 10.0 Å². The molecule has 0 spiro atoms. The molecule has 2 aromatic carbocycles. The number of hydrogen-bond acceptors (Lipinski definition) is 3. The number of allylic oxidation sites excluding steroid dienone is 1. The Morgan fingerprint density at radius 1 is 1.10 bits per heavy atom. The number of hydrogen-bond donors (Lipinski definition) is 2. The molecule has 0 bridgehead atoms.